The monoisotopic (exact) mass is 267 g/mol. The van der Waals surface area contributed by atoms with E-state index < -0.39 is 17.9 Å². The van der Waals surface area contributed by atoms with Gasteiger partial charge in [-0.05, 0) is 11.4 Å². The number of thiophene rings is 1. The molecule has 0 fully saturated rings. The number of carboxylic acid groups (broad SMARTS) is 1. The number of amides is 1. The highest BCUT2D eigenvalue weighted by atomic mass is 32.1. The van der Waals surface area contributed by atoms with Crippen molar-refractivity contribution >= 4 is 23.2 Å². The van der Waals surface area contributed by atoms with E-state index in [1.807, 2.05) is 0 Å². The van der Waals surface area contributed by atoms with Gasteiger partial charge in [-0.1, -0.05) is 11.2 Å². The lowest BCUT2D eigenvalue weighted by atomic mass is 10.2. The van der Waals surface area contributed by atoms with Crippen LogP contribution in [0.2, 0.25) is 0 Å². The summed E-state index contributed by atoms with van der Waals surface area (Å²) in [5, 5.41) is 16.6. The molecule has 2 aromatic heterocycles. The number of hydrogen-bond donors (Lipinski definition) is 2. The fourth-order valence-electron chi connectivity index (χ4n) is 1.30. The third-order valence-electron chi connectivity index (χ3n) is 2.08. The van der Waals surface area contributed by atoms with Crippen molar-refractivity contribution < 1.29 is 19.2 Å². The minimum atomic E-state index is -1.15. The molecule has 7 nitrogen and oxygen atoms in total. The minimum Gasteiger partial charge on any atom is -0.479 e. The van der Waals surface area contributed by atoms with Crippen LogP contribution in [-0.4, -0.2) is 27.1 Å². The van der Waals surface area contributed by atoms with Gasteiger partial charge in [0.2, 0.25) is 5.89 Å². The zero-order chi connectivity index (χ0) is 13.1. The fraction of sp³-hybridized carbons (Fsp3) is 0.200. The summed E-state index contributed by atoms with van der Waals surface area (Å²) in [5.74, 6) is -1.78. The molecule has 1 amide bonds. The van der Waals surface area contributed by atoms with Gasteiger partial charge < -0.3 is 14.9 Å². The molecule has 0 aliphatic heterocycles. The number of carbonyl (C=O) groups is 2. The Morgan fingerprint density at radius 1 is 1.56 bits per heavy atom. The Labute approximate surface area is 105 Å². The fourth-order valence-corrected chi connectivity index (χ4v) is 2.06. The molecule has 2 N–H and O–H groups in total. The summed E-state index contributed by atoms with van der Waals surface area (Å²) >= 11 is 1.24. The first-order valence-electron chi connectivity index (χ1n) is 4.95. The summed E-state index contributed by atoms with van der Waals surface area (Å²) in [6.45, 7) is 1.54. The number of rotatable bonds is 4. The highest BCUT2D eigenvalue weighted by Crippen LogP contribution is 2.19. The first-order chi connectivity index (χ1) is 8.58. The first-order valence-corrected chi connectivity index (χ1v) is 5.83. The second kappa shape index (κ2) is 4.96. The Morgan fingerprint density at radius 3 is 2.83 bits per heavy atom. The Balaban J connectivity index is 2.15. The van der Waals surface area contributed by atoms with E-state index in [9.17, 15) is 9.59 Å². The van der Waals surface area contributed by atoms with E-state index in [0.29, 0.717) is 4.88 Å². The van der Waals surface area contributed by atoms with Gasteiger partial charge in [0.25, 0.3) is 11.7 Å². The maximum absolute atomic E-state index is 11.7. The van der Waals surface area contributed by atoms with Crippen molar-refractivity contribution in [3.63, 3.8) is 0 Å². The van der Waals surface area contributed by atoms with Crippen molar-refractivity contribution in [2.75, 3.05) is 0 Å². The number of aliphatic carboxylic acids is 1. The molecule has 0 aliphatic carbocycles. The molecule has 18 heavy (non-hydrogen) atoms. The molecule has 2 heterocycles. The van der Waals surface area contributed by atoms with Crippen LogP contribution >= 0.6 is 11.3 Å². The molecule has 1 unspecified atom stereocenters. The van der Waals surface area contributed by atoms with Gasteiger partial charge in [-0.3, -0.25) is 4.79 Å². The van der Waals surface area contributed by atoms with E-state index in [1.165, 1.54) is 18.3 Å². The molecule has 8 heteroatoms. The highest BCUT2D eigenvalue weighted by Gasteiger charge is 2.25. The molecule has 0 aliphatic rings. The smallest absolute Gasteiger partial charge is 0.331 e. The molecule has 0 saturated carbocycles. The van der Waals surface area contributed by atoms with Crippen molar-refractivity contribution in [2.45, 2.75) is 13.0 Å². The number of hydrogen-bond acceptors (Lipinski definition) is 6. The van der Waals surface area contributed by atoms with Crippen molar-refractivity contribution in [3.8, 4) is 0 Å². The molecule has 94 valence electrons. The van der Waals surface area contributed by atoms with Crippen LogP contribution in [0.5, 0.6) is 0 Å². The number of carboxylic acids is 1. The van der Waals surface area contributed by atoms with Gasteiger partial charge in [-0.15, -0.1) is 11.3 Å². The van der Waals surface area contributed by atoms with E-state index in [1.54, 1.807) is 17.5 Å². The summed E-state index contributed by atoms with van der Waals surface area (Å²) in [7, 11) is 0. The van der Waals surface area contributed by atoms with Crippen molar-refractivity contribution in [2.24, 2.45) is 0 Å². The second-order valence-electron chi connectivity index (χ2n) is 3.40. The lowest BCUT2D eigenvalue weighted by Gasteiger charge is -2.10. The van der Waals surface area contributed by atoms with Crippen LogP contribution in [0.3, 0.4) is 0 Å². The normalized spacial score (nSPS) is 12.1. The summed E-state index contributed by atoms with van der Waals surface area (Å²) in [4.78, 5) is 27.1. The van der Waals surface area contributed by atoms with Crippen LogP contribution in [0.1, 0.15) is 27.4 Å². The number of nitrogens with zero attached hydrogens (tertiary/aromatic N) is 2. The topological polar surface area (TPSA) is 105 Å². The van der Waals surface area contributed by atoms with E-state index in [-0.39, 0.29) is 11.7 Å². The van der Waals surface area contributed by atoms with Crippen LogP contribution in [0.25, 0.3) is 0 Å². The molecule has 0 saturated heterocycles. The summed E-state index contributed by atoms with van der Waals surface area (Å²) in [6, 6.07) is 2.22. The molecule has 0 bridgehead atoms. The van der Waals surface area contributed by atoms with Crippen LogP contribution < -0.4 is 5.32 Å². The molecule has 2 rings (SSSR count). The van der Waals surface area contributed by atoms with Crippen molar-refractivity contribution in [1.29, 1.82) is 0 Å². The lowest BCUT2D eigenvalue weighted by Crippen LogP contribution is -2.33. The van der Waals surface area contributed by atoms with Gasteiger partial charge in [0.05, 0.1) is 0 Å². The standard InChI is InChI=1S/C10H9N3O4S/c1-5-11-8(13-17-5)9(14)12-7(10(15)16)6-3-2-4-18-6/h2-4,7H,1H3,(H,12,14)(H,15,16). The predicted molar refractivity (Wildman–Crippen MR) is 61.2 cm³/mol. The Hall–Kier alpha value is -2.22. The number of carbonyl (C=O) groups excluding carboxylic acids is 1. The quantitative estimate of drug-likeness (QED) is 0.856. The maximum atomic E-state index is 11.7. The number of aromatic nitrogens is 2. The highest BCUT2D eigenvalue weighted by molar-refractivity contribution is 7.10. The molecule has 0 spiro atoms. The van der Waals surface area contributed by atoms with E-state index in [4.69, 9.17) is 5.11 Å². The molecular formula is C10H9N3O4S. The second-order valence-corrected chi connectivity index (χ2v) is 4.38. The van der Waals surface area contributed by atoms with Gasteiger partial charge in [0.1, 0.15) is 0 Å². The van der Waals surface area contributed by atoms with Gasteiger partial charge in [0.15, 0.2) is 6.04 Å². The van der Waals surface area contributed by atoms with Crippen LogP contribution in [0.15, 0.2) is 22.0 Å². The average Bonchev–Trinajstić information content (AvgIpc) is 2.95. The Bertz CT molecular complexity index is 563. The van der Waals surface area contributed by atoms with Crippen LogP contribution in [0, 0.1) is 6.92 Å². The van der Waals surface area contributed by atoms with Gasteiger partial charge in [-0.25, -0.2) is 4.79 Å². The van der Waals surface area contributed by atoms with E-state index in [2.05, 4.69) is 20.0 Å². The third kappa shape index (κ3) is 2.54. The largest absolute Gasteiger partial charge is 0.479 e. The Morgan fingerprint density at radius 2 is 2.33 bits per heavy atom. The molecule has 0 radical (unpaired) electrons. The van der Waals surface area contributed by atoms with E-state index in [0.717, 1.165) is 0 Å². The lowest BCUT2D eigenvalue weighted by molar-refractivity contribution is -0.139. The summed E-state index contributed by atoms with van der Waals surface area (Å²) in [5.41, 5.74) is 0. The van der Waals surface area contributed by atoms with Crippen molar-refractivity contribution in [3.05, 3.63) is 34.1 Å². The SMILES string of the molecule is Cc1nc(C(=O)NC(C(=O)O)c2cccs2)no1. The first kappa shape index (κ1) is 12.2. The number of aryl methyl sites for hydroxylation is 1. The predicted octanol–water partition coefficient (Wildman–Crippen LogP) is 0.995. The van der Waals surface area contributed by atoms with Crippen LogP contribution in [-0.2, 0) is 4.79 Å². The zero-order valence-electron chi connectivity index (χ0n) is 9.28. The molecular weight excluding hydrogens is 258 g/mol. The van der Waals surface area contributed by atoms with Gasteiger partial charge >= 0.3 is 5.97 Å². The summed E-state index contributed by atoms with van der Waals surface area (Å²) < 4.78 is 4.65. The van der Waals surface area contributed by atoms with E-state index >= 15 is 0 Å². The van der Waals surface area contributed by atoms with Gasteiger partial charge in [0, 0.05) is 11.8 Å². The molecule has 0 aromatic carbocycles. The molecule has 1 atom stereocenters. The van der Waals surface area contributed by atoms with Gasteiger partial charge in [-0.2, -0.15) is 4.98 Å². The zero-order valence-corrected chi connectivity index (χ0v) is 10.1. The number of nitrogens with one attached hydrogen (secondary N) is 1. The van der Waals surface area contributed by atoms with Crippen LogP contribution in [0.4, 0.5) is 0 Å². The molecule has 2 aromatic rings. The van der Waals surface area contributed by atoms with Crippen molar-refractivity contribution in [1.82, 2.24) is 15.5 Å². The maximum Gasteiger partial charge on any atom is 0.331 e. The Kier molecular flexibility index (Phi) is 3.38. The minimum absolute atomic E-state index is 0.185. The third-order valence-corrected chi connectivity index (χ3v) is 3.02. The summed E-state index contributed by atoms with van der Waals surface area (Å²) in [6.07, 6.45) is 0. The average molecular weight is 267 g/mol.